The van der Waals surface area contributed by atoms with E-state index in [0.717, 1.165) is 0 Å². The van der Waals surface area contributed by atoms with Crippen LogP contribution in [-0.2, 0) is 57.2 Å². The van der Waals surface area contributed by atoms with Crippen LogP contribution in [0.25, 0.3) is 0 Å². The summed E-state index contributed by atoms with van der Waals surface area (Å²) in [5, 5.41) is 139. The molecule has 0 aliphatic rings. The Hall–Kier alpha value is -3.74. The molecule has 30 heteroatoms. The maximum absolute atomic E-state index is 12.2. The average Bonchev–Trinajstić information content (AvgIpc) is 3.35. The summed E-state index contributed by atoms with van der Waals surface area (Å²) >= 11 is 0. The maximum Gasteiger partial charge on any atom is 0.251 e. The molecule has 5 amide bonds. The standard InChI is InChI=1S/C40H75N5O25/c1-23(47)2-3-27(51)41-5-9-66-13-14-67-10-6-42-38(62)36(60)33(57)34(58)37(61)39(63)43-7-11-68-15-17-70-19-18-69-16-12-65-8-4-28(52)44-20-24(48)29(53)30(54)25(49)21-45-40(64)35(59)32(56)31(55)26(50)22-46/h24-26,29-37,46,48-50,53-61H,2-22H2,1H3,(H,41,51)(H,42,62)(H,43,63)(H,44,52)(H,45,64)/t24-,25+,26+,29+,30+,31+,32-,33-,34-,35+,36-,37+/m0/s1. The Labute approximate surface area is 403 Å². The third-order valence-electron chi connectivity index (χ3n) is 9.52. The Morgan fingerprint density at radius 1 is 0.357 bits per heavy atom. The zero-order chi connectivity index (χ0) is 53.0. The van der Waals surface area contributed by atoms with Crippen LogP contribution >= 0.6 is 0 Å². The van der Waals surface area contributed by atoms with Gasteiger partial charge in [0.25, 0.3) is 17.7 Å². The van der Waals surface area contributed by atoms with E-state index in [1.165, 1.54) is 6.92 Å². The van der Waals surface area contributed by atoms with Gasteiger partial charge in [0.15, 0.2) is 18.3 Å². The van der Waals surface area contributed by atoms with Crippen molar-refractivity contribution in [2.24, 2.45) is 0 Å². The molecule has 70 heavy (non-hydrogen) atoms. The molecule has 30 nitrogen and oxygen atoms in total. The van der Waals surface area contributed by atoms with Crippen LogP contribution in [0.1, 0.15) is 26.2 Å². The number of nitrogens with one attached hydrogen (secondary N) is 5. The van der Waals surface area contributed by atoms with E-state index in [0.29, 0.717) is 0 Å². The molecular weight excluding hydrogens is 950 g/mol. The van der Waals surface area contributed by atoms with Crippen LogP contribution in [-0.4, -0.2) is 294 Å². The van der Waals surface area contributed by atoms with Gasteiger partial charge in [0.05, 0.1) is 98.1 Å². The molecule has 0 bridgehead atoms. The van der Waals surface area contributed by atoms with E-state index in [-0.39, 0.29) is 130 Å². The topological polar surface area (TPSA) is 481 Å². The number of hydrogen-bond acceptors (Lipinski definition) is 25. The van der Waals surface area contributed by atoms with Gasteiger partial charge in [-0.15, -0.1) is 0 Å². The molecule has 0 saturated carbocycles. The zero-order valence-corrected chi connectivity index (χ0v) is 39.0. The van der Waals surface area contributed by atoms with Gasteiger partial charge in [0.1, 0.15) is 48.5 Å². The minimum atomic E-state index is -2.31. The number of aliphatic hydroxyl groups excluding tert-OH is 13. The van der Waals surface area contributed by atoms with Gasteiger partial charge < -0.3 is 126 Å². The third-order valence-corrected chi connectivity index (χ3v) is 9.52. The number of Topliss-reactive ketones (excluding diaryl/α,β-unsaturated/α-hetero) is 1. The fourth-order valence-corrected chi connectivity index (χ4v) is 5.27. The molecule has 0 aliphatic heterocycles. The summed E-state index contributed by atoms with van der Waals surface area (Å²) in [6, 6.07) is 0. The highest BCUT2D eigenvalue weighted by molar-refractivity contribution is 5.84. The van der Waals surface area contributed by atoms with Crippen LogP contribution in [0, 0.1) is 0 Å². The van der Waals surface area contributed by atoms with Crippen LogP contribution in [0.4, 0.5) is 0 Å². The highest BCUT2D eigenvalue weighted by Crippen LogP contribution is 2.09. The number of ether oxygens (including phenoxy) is 6. The fourth-order valence-electron chi connectivity index (χ4n) is 5.27. The zero-order valence-electron chi connectivity index (χ0n) is 39.0. The highest BCUT2D eigenvalue weighted by Gasteiger charge is 2.38. The Kier molecular flexibility index (Phi) is 37.7. The van der Waals surface area contributed by atoms with Gasteiger partial charge >= 0.3 is 0 Å². The highest BCUT2D eigenvalue weighted by atomic mass is 16.6. The fraction of sp³-hybridized carbons (Fsp3) is 0.850. The van der Waals surface area contributed by atoms with Gasteiger partial charge in [0.2, 0.25) is 11.8 Å². The minimum absolute atomic E-state index is 0.00189. The van der Waals surface area contributed by atoms with Crippen molar-refractivity contribution < 1.29 is 124 Å². The third kappa shape index (κ3) is 30.2. The van der Waals surface area contributed by atoms with Crippen molar-refractivity contribution in [3.8, 4) is 0 Å². The quantitative estimate of drug-likeness (QED) is 0.0252. The van der Waals surface area contributed by atoms with Crippen molar-refractivity contribution in [1.29, 1.82) is 0 Å². The van der Waals surface area contributed by atoms with Crippen molar-refractivity contribution >= 4 is 35.3 Å². The summed E-state index contributed by atoms with van der Waals surface area (Å²) < 4.78 is 31.8. The summed E-state index contributed by atoms with van der Waals surface area (Å²) in [5.74, 6) is -4.49. The summed E-state index contributed by atoms with van der Waals surface area (Å²) in [6.07, 6.45) is -25.0. The number of carbonyl (C=O) groups is 6. The van der Waals surface area contributed by atoms with E-state index in [1.807, 2.05) is 5.32 Å². The lowest BCUT2D eigenvalue weighted by Crippen LogP contribution is -2.54. The van der Waals surface area contributed by atoms with Crippen LogP contribution in [0.5, 0.6) is 0 Å². The van der Waals surface area contributed by atoms with E-state index in [1.54, 1.807) is 0 Å². The molecule has 0 rings (SSSR count). The number of hydrogen-bond donors (Lipinski definition) is 18. The summed E-state index contributed by atoms with van der Waals surface area (Å²) in [7, 11) is 0. The van der Waals surface area contributed by atoms with Crippen molar-refractivity contribution in [3.05, 3.63) is 0 Å². The molecular formula is C40H75N5O25. The summed E-state index contributed by atoms with van der Waals surface area (Å²) in [6.45, 7) is 0.462. The lowest BCUT2D eigenvalue weighted by molar-refractivity contribution is -0.155. The van der Waals surface area contributed by atoms with Gasteiger partial charge in [-0.05, 0) is 6.92 Å². The van der Waals surface area contributed by atoms with Crippen molar-refractivity contribution in [2.45, 2.75) is 99.4 Å². The number of aliphatic hydroxyl groups is 13. The first-order chi connectivity index (χ1) is 33.2. The Balaban J connectivity index is 3.96. The molecule has 0 aromatic carbocycles. The molecule has 0 aromatic heterocycles. The monoisotopic (exact) mass is 1030 g/mol. The molecule has 18 N–H and O–H groups in total. The first-order valence-corrected chi connectivity index (χ1v) is 22.3. The van der Waals surface area contributed by atoms with E-state index in [2.05, 4.69) is 21.3 Å². The average molecular weight is 1030 g/mol. The molecule has 12 atom stereocenters. The van der Waals surface area contributed by atoms with E-state index < -0.39 is 117 Å². The lowest BCUT2D eigenvalue weighted by atomic mass is 10.0. The van der Waals surface area contributed by atoms with Gasteiger partial charge in [-0.25, -0.2) is 0 Å². The molecule has 0 unspecified atom stereocenters. The second-order valence-electron chi connectivity index (χ2n) is 15.3. The summed E-state index contributed by atoms with van der Waals surface area (Å²) in [4.78, 5) is 70.8. The Morgan fingerprint density at radius 3 is 1.07 bits per heavy atom. The normalized spacial score (nSPS) is 16.8. The SMILES string of the molecule is CC(=O)CCC(=O)NCCOCCOCCNC(=O)[C@@H](O)[C@@H](O)[C@H](O)[C@@H](O)C(=O)NCCOCCOCCOCCOCCC(=O)NC[C@H](O)[C@@H](O)[C@H](O)[C@H](O)CNC(=O)[C@H](O)[C@@H](O)[C@H](O)[C@H](O)CO. The number of carbonyl (C=O) groups excluding carboxylic acids is 6. The number of ketones is 1. The molecule has 0 spiro atoms. The molecule has 0 saturated heterocycles. The first-order valence-electron chi connectivity index (χ1n) is 22.3. The van der Waals surface area contributed by atoms with Crippen molar-refractivity contribution in [2.75, 3.05) is 119 Å². The van der Waals surface area contributed by atoms with Crippen molar-refractivity contribution in [1.82, 2.24) is 26.6 Å². The predicted octanol–water partition coefficient (Wildman–Crippen LogP) is -11.3. The van der Waals surface area contributed by atoms with E-state index >= 15 is 0 Å². The van der Waals surface area contributed by atoms with Crippen LogP contribution < -0.4 is 26.6 Å². The van der Waals surface area contributed by atoms with Crippen LogP contribution in [0.3, 0.4) is 0 Å². The molecule has 410 valence electrons. The number of amides is 5. The Bertz CT molecular complexity index is 1460. The molecule has 0 aromatic rings. The molecule has 0 heterocycles. The van der Waals surface area contributed by atoms with Gasteiger partial charge in [-0.2, -0.15) is 0 Å². The van der Waals surface area contributed by atoms with Gasteiger partial charge in [-0.1, -0.05) is 0 Å². The summed E-state index contributed by atoms with van der Waals surface area (Å²) in [5.41, 5.74) is 0. The predicted molar refractivity (Wildman–Crippen MR) is 234 cm³/mol. The van der Waals surface area contributed by atoms with Crippen LogP contribution in [0.2, 0.25) is 0 Å². The number of rotatable bonds is 44. The molecule has 0 fully saturated rings. The smallest absolute Gasteiger partial charge is 0.251 e. The Morgan fingerprint density at radius 2 is 0.671 bits per heavy atom. The van der Waals surface area contributed by atoms with Crippen molar-refractivity contribution in [3.63, 3.8) is 0 Å². The molecule has 0 radical (unpaired) electrons. The second kappa shape index (κ2) is 39.8. The second-order valence-corrected chi connectivity index (χ2v) is 15.3. The minimum Gasteiger partial charge on any atom is -0.394 e. The van der Waals surface area contributed by atoms with Gasteiger partial charge in [0, 0.05) is 52.0 Å². The molecule has 0 aliphatic carbocycles. The van der Waals surface area contributed by atoms with Crippen LogP contribution in [0.15, 0.2) is 0 Å². The van der Waals surface area contributed by atoms with E-state index in [9.17, 15) is 90.0 Å². The lowest BCUT2D eigenvalue weighted by Gasteiger charge is -2.28. The van der Waals surface area contributed by atoms with Gasteiger partial charge in [-0.3, -0.25) is 24.0 Å². The first kappa shape index (κ1) is 66.3. The van der Waals surface area contributed by atoms with E-state index in [4.69, 9.17) is 33.5 Å². The maximum atomic E-state index is 12.2. The largest absolute Gasteiger partial charge is 0.394 e.